The predicted octanol–water partition coefficient (Wildman–Crippen LogP) is 1.59. The Morgan fingerprint density at radius 3 is 2.55 bits per heavy atom. The molecule has 0 saturated heterocycles. The summed E-state index contributed by atoms with van der Waals surface area (Å²) < 4.78 is 6.80. The van der Waals surface area contributed by atoms with Crippen LogP contribution in [-0.4, -0.2) is 26.0 Å². The van der Waals surface area contributed by atoms with Crippen molar-refractivity contribution in [2.75, 3.05) is 6.61 Å². The average molecular weight is 282 g/mol. The number of nitrogens with zero attached hydrogens (tertiary/aromatic N) is 4. The maximum Gasteiger partial charge on any atom is 0.290 e. The second-order valence-electron chi connectivity index (χ2n) is 3.75. The molecule has 9 heteroatoms. The highest BCUT2D eigenvalue weighted by molar-refractivity contribution is 5.02. The van der Waals surface area contributed by atoms with E-state index in [1.165, 1.54) is 13.0 Å². The summed E-state index contributed by atoms with van der Waals surface area (Å²) in [6, 6.07) is 0. The summed E-state index contributed by atoms with van der Waals surface area (Å²) in [5.41, 5.74) is -0.605. The molecule has 1 aromatic rings. The van der Waals surface area contributed by atoms with Gasteiger partial charge in [-0.15, -0.1) is 0 Å². The maximum atomic E-state index is 10.8. The van der Waals surface area contributed by atoms with Crippen molar-refractivity contribution < 1.29 is 14.6 Å². The fraction of sp³-hybridized carbons (Fsp3) is 0.364. The first kappa shape index (κ1) is 15.3. The highest BCUT2D eigenvalue weighted by Gasteiger charge is 2.21. The van der Waals surface area contributed by atoms with Gasteiger partial charge in [0.1, 0.15) is 13.0 Å². The molecule has 0 aliphatic heterocycles. The van der Waals surface area contributed by atoms with Crippen molar-refractivity contribution in [2.45, 2.75) is 19.9 Å². The first-order valence-corrected chi connectivity index (χ1v) is 5.75. The molecule has 0 aliphatic carbocycles. The van der Waals surface area contributed by atoms with Crippen LogP contribution in [0.3, 0.4) is 0 Å². The zero-order valence-corrected chi connectivity index (χ0v) is 10.8. The molecule has 0 amide bonds. The van der Waals surface area contributed by atoms with Crippen molar-refractivity contribution in [3.63, 3.8) is 0 Å². The minimum Gasteiger partial charge on any atom is -0.493 e. The van der Waals surface area contributed by atoms with Crippen LogP contribution in [0.25, 0.3) is 0 Å². The normalized spacial score (nSPS) is 12.2. The van der Waals surface area contributed by atoms with Crippen LogP contribution < -0.4 is 0 Å². The average Bonchev–Trinajstić information content (AvgIpc) is 2.90. The Bertz CT molecular complexity index is 521. The second-order valence-corrected chi connectivity index (χ2v) is 3.75. The largest absolute Gasteiger partial charge is 0.493 e. The van der Waals surface area contributed by atoms with E-state index in [-0.39, 0.29) is 24.4 Å². The zero-order valence-electron chi connectivity index (χ0n) is 10.8. The Hall–Kier alpha value is -2.71. The number of nitro groups is 2. The molecule has 0 atom stereocenters. The molecule has 0 saturated carbocycles. The van der Waals surface area contributed by atoms with E-state index in [0.29, 0.717) is 6.54 Å². The van der Waals surface area contributed by atoms with Gasteiger partial charge in [-0.2, -0.15) is 0 Å². The Kier molecular flexibility index (Phi) is 5.88. The summed E-state index contributed by atoms with van der Waals surface area (Å²) in [5, 5.41) is 21.4. The topological polar surface area (TPSA) is 113 Å². The fourth-order valence-electron chi connectivity index (χ4n) is 1.34. The van der Waals surface area contributed by atoms with Crippen LogP contribution >= 0.6 is 0 Å². The van der Waals surface area contributed by atoms with E-state index < -0.39 is 9.85 Å². The third-order valence-electron chi connectivity index (χ3n) is 2.41. The van der Waals surface area contributed by atoms with Crippen molar-refractivity contribution in [3.8, 4) is 0 Å². The quantitative estimate of drug-likeness (QED) is 0.309. The summed E-state index contributed by atoms with van der Waals surface area (Å²) >= 11 is 0. The summed E-state index contributed by atoms with van der Waals surface area (Å²) in [6.45, 7) is 2.14. The van der Waals surface area contributed by atoms with Gasteiger partial charge in [-0.25, -0.2) is 4.98 Å². The molecular formula is C11H14N4O5. The van der Waals surface area contributed by atoms with E-state index in [4.69, 9.17) is 4.74 Å². The number of imidazole rings is 1. The van der Waals surface area contributed by atoms with E-state index in [1.807, 2.05) is 0 Å². The van der Waals surface area contributed by atoms with Crippen molar-refractivity contribution in [2.24, 2.45) is 0 Å². The van der Waals surface area contributed by atoms with Crippen LogP contribution in [0.4, 0.5) is 0 Å². The number of hydrogen-bond acceptors (Lipinski definition) is 6. The van der Waals surface area contributed by atoms with Gasteiger partial charge in [-0.3, -0.25) is 20.2 Å². The van der Waals surface area contributed by atoms with E-state index in [0.717, 1.165) is 6.26 Å². The molecule has 1 aromatic heterocycles. The molecule has 0 fully saturated rings. The van der Waals surface area contributed by atoms with Gasteiger partial charge in [0.15, 0.2) is 6.26 Å². The minimum atomic E-state index is -0.690. The summed E-state index contributed by atoms with van der Waals surface area (Å²) in [7, 11) is 0. The summed E-state index contributed by atoms with van der Waals surface area (Å²) in [5.74, 6) is 0. The van der Waals surface area contributed by atoms with E-state index in [9.17, 15) is 20.2 Å². The Labute approximate surface area is 114 Å². The third kappa shape index (κ3) is 4.88. The predicted molar refractivity (Wildman–Crippen MR) is 68.6 cm³/mol. The van der Waals surface area contributed by atoms with Crippen LogP contribution in [0.2, 0.25) is 0 Å². The molecule has 0 aliphatic rings. The summed E-state index contributed by atoms with van der Waals surface area (Å²) in [6.07, 6.45) is 6.71. The van der Waals surface area contributed by atoms with Crippen molar-refractivity contribution in [1.29, 1.82) is 0 Å². The van der Waals surface area contributed by atoms with Gasteiger partial charge in [0.2, 0.25) is 0 Å². The van der Waals surface area contributed by atoms with E-state index in [1.54, 1.807) is 23.3 Å². The SMILES string of the molecule is C/C=C(\CC(=COCCn1ccnc1)[N+](=O)[O-])[N+](=O)[O-]. The minimum absolute atomic E-state index is 0.206. The van der Waals surface area contributed by atoms with Gasteiger partial charge in [0.05, 0.1) is 22.7 Å². The third-order valence-corrected chi connectivity index (χ3v) is 2.41. The standard InChI is InChI=1S/C11H14N4O5/c1-2-10(14(16)17)7-11(15(18)19)8-20-6-5-13-4-3-12-9-13/h2-4,8-9H,5-7H2,1H3/b10-2+,11-8?. The molecule has 20 heavy (non-hydrogen) atoms. The van der Waals surface area contributed by atoms with Gasteiger partial charge < -0.3 is 9.30 Å². The highest BCUT2D eigenvalue weighted by atomic mass is 16.6. The molecule has 0 spiro atoms. The molecule has 0 N–H and O–H groups in total. The molecule has 108 valence electrons. The lowest BCUT2D eigenvalue weighted by Gasteiger charge is -2.02. The fourth-order valence-corrected chi connectivity index (χ4v) is 1.34. The second kappa shape index (κ2) is 7.67. The lowest BCUT2D eigenvalue weighted by molar-refractivity contribution is -0.451. The molecule has 0 aromatic carbocycles. The molecule has 0 radical (unpaired) electrons. The first-order chi connectivity index (χ1) is 9.54. The lowest BCUT2D eigenvalue weighted by atomic mass is 10.2. The van der Waals surface area contributed by atoms with Gasteiger partial charge in [0.25, 0.3) is 11.4 Å². The molecule has 0 bridgehead atoms. The van der Waals surface area contributed by atoms with Crippen molar-refractivity contribution in [1.82, 2.24) is 9.55 Å². The Morgan fingerprint density at radius 1 is 1.35 bits per heavy atom. The first-order valence-electron chi connectivity index (χ1n) is 5.75. The van der Waals surface area contributed by atoms with Crippen LogP contribution in [0.5, 0.6) is 0 Å². The molecular weight excluding hydrogens is 268 g/mol. The van der Waals surface area contributed by atoms with Crippen LogP contribution in [0.15, 0.2) is 42.5 Å². The zero-order chi connectivity index (χ0) is 15.0. The van der Waals surface area contributed by atoms with Crippen molar-refractivity contribution >= 4 is 0 Å². The molecule has 0 unspecified atom stereocenters. The number of hydrogen-bond donors (Lipinski definition) is 0. The number of allylic oxidation sites excluding steroid dienone is 1. The maximum absolute atomic E-state index is 10.8. The Morgan fingerprint density at radius 2 is 2.05 bits per heavy atom. The van der Waals surface area contributed by atoms with Crippen LogP contribution in [-0.2, 0) is 11.3 Å². The molecule has 1 rings (SSSR count). The summed E-state index contributed by atoms with van der Waals surface area (Å²) in [4.78, 5) is 23.9. The number of aromatic nitrogens is 2. The van der Waals surface area contributed by atoms with Gasteiger partial charge in [-0.1, -0.05) is 0 Å². The highest BCUT2D eigenvalue weighted by Crippen LogP contribution is 2.12. The van der Waals surface area contributed by atoms with Gasteiger partial charge in [0, 0.05) is 12.4 Å². The van der Waals surface area contributed by atoms with Gasteiger partial charge >= 0.3 is 0 Å². The van der Waals surface area contributed by atoms with Crippen LogP contribution in [0.1, 0.15) is 13.3 Å². The monoisotopic (exact) mass is 282 g/mol. The lowest BCUT2D eigenvalue weighted by Crippen LogP contribution is -2.07. The van der Waals surface area contributed by atoms with E-state index in [2.05, 4.69) is 4.98 Å². The number of ether oxygens (including phenoxy) is 1. The van der Waals surface area contributed by atoms with Crippen LogP contribution in [0, 0.1) is 20.2 Å². The molecule has 9 nitrogen and oxygen atoms in total. The van der Waals surface area contributed by atoms with Crippen molar-refractivity contribution in [3.05, 3.63) is 62.7 Å². The smallest absolute Gasteiger partial charge is 0.290 e. The Balaban J connectivity index is 2.55. The van der Waals surface area contributed by atoms with E-state index >= 15 is 0 Å². The van der Waals surface area contributed by atoms with Gasteiger partial charge in [-0.05, 0) is 13.0 Å². The molecule has 1 heterocycles. The number of rotatable bonds is 8.